The molecule has 128 valence electrons. The SMILES string of the molecule is CCc1c(CC)c(CC)[c-](CC)c1CC.[Cl-].[Cl-].[Zr+4].c1cc[cH-]c1. The summed E-state index contributed by atoms with van der Waals surface area (Å²) >= 11 is 0. The van der Waals surface area contributed by atoms with E-state index < -0.39 is 0 Å². The molecule has 0 aliphatic carbocycles. The molecule has 23 heavy (non-hydrogen) atoms. The van der Waals surface area contributed by atoms with Gasteiger partial charge in [-0.2, -0.15) is 46.0 Å². The second kappa shape index (κ2) is 15.7. The topological polar surface area (TPSA) is 0 Å². The molecular weight excluding hydrogens is 402 g/mol. The molecule has 0 atom stereocenters. The summed E-state index contributed by atoms with van der Waals surface area (Å²) in [5, 5.41) is 0. The third-order valence-corrected chi connectivity index (χ3v) is 4.14. The van der Waals surface area contributed by atoms with Crippen LogP contribution in [0.3, 0.4) is 0 Å². The van der Waals surface area contributed by atoms with Crippen LogP contribution in [0.25, 0.3) is 0 Å². The Bertz CT molecular complexity index is 375. The predicted octanol–water partition coefficient (Wildman–Crippen LogP) is -0.371. The summed E-state index contributed by atoms with van der Waals surface area (Å²) in [6.45, 7) is 11.5. The minimum Gasteiger partial charge on any atom is -1.00 e. The van der Waals surface area contributed by atoms with Crippen LogP contribution in [-0.4, -0.2) is 0 Å². The van der Waals surface area contributed by atoms with Gasteiger partial charge in [0.15, 0.2) is 0 Å². The fraction of sp³-hybridized carbons (Fsp3) is 0.500. The molecule has 0 saturated heterocycles. The Hall–Kier alpha value is 0.163. The summed E-state index contributed by atoms with van der Waals surface area (Å²) in [5.74, 6) is 0. The number of halogens is 2. The second-order valence-electron chi connectivity index (χ2n) is 5.12. The van der Waals surface area contributed by atoms with Crippen molar-refractivity contribution in [2.45, 2.75) is 66.7 Å². The van der Waals surface area contributed by atoms with Crippen molar-refractivity contribution in [3.05, 3.63) is 58.1 Å². The maximum Gasteiger partial charge on any atom is 4.00 e. The van der Waals surface area contributed by atoms with Crippen LogP contribution in [0.5, 0.6) is 0 Å². The van der Waals surface area contributed by atoms with Crippen LogP contribution in [0, 0.1) is 0 Å². The Morgan fingerprint density at radius 3 is 1.30 bits per heavy atom. The van der Waals surface area contributed by atoms with Crippen molar-refractivity contribution in [1.82, 2.24) is 0 Å². The van der Waals surface area contributed by atoms with Crippen molar-refractivity contribution in [2.24, 2.45) is 0 Å². The molecule has 2 aromatic rings. The maximum absolute atomic E-state index is 2.30. The molecule has 0 aromatic heterocycles. The van der Waals surface area contributed by atoms with Gasteiger partial charge in [0.1, 0.15) is 0 Å². The smallest absolute Gasteiger partial charge is 1.00 e. The predicted molar refractivity (Wildman–Crippen MR) is 91.0 cm³/mol. The zero-order valence-corrected chi connectivity index (χ0v) is 19.1. The molecule has 0 saturated carbocycles. The third-order valence-electron chi connectivity index (χ3n) is 4.14. The van der Waals surface area contributed by atoms with Crippen LogP contribution >= 0.6 is 0 Å². The van der Waals surface area contributed by atoms with Gasteiger partial charge in [-0.3, -0.25) is 0 Å². The van der Waals surface area contributed by atoms with Gasteiger partial charge < -0.3 is 24.8 Å². The molecule has 0 fully saturated rings. The first-order valence-corrected chi connectivity index (χ1v) is 8.22. The van der Waals surface area contributed by atoms with Crippen LogP contribution in [0.2, 0.25) is 0 Å². The standard InChI is InChI=1S/C15H25.C5H5.2ClH.Zr/c1-6-11-12(7-2)14(9-4)15(10-5)13(11)8-3;1-2-4-5-3-1;;;/h6-10H2,1-5H3;1-5H;2*1H;/q2*-1;;;+4/p-2. The largest absolute Gasteiger partial charge is 4.00 e. The Labute approximate surface area is 175 Å². The molecule has 0 spiro atoms. The molecule has 0 N–H and O–H groups in total. The summed E-state index contributed by atoms with van der Waals surface area (Å²) in [7, 11) is 0. The molecule has 0 amide bonds. The van der Waals surface area contributed by atoms with Crippen LogP contribution in [0.1, 0.15) is 62.4 Å². The fourth-order valence-electron chi connectivity index (χ4n) is 3.37. The third kappa shape index (κ3) is 7.29. The first-order valence-electron chi connectivity index (χ1n) is 8.22. The quantitative estimate of drug-likeness (QED) is 0.566. The molecule has 0 aliphatic heterocycles. The van der Waals surface area contributed by atoms with E-state index in [1.54, 1.807) is 27.8 Å². The molecule has 2 rings (SSSR count). The molecule has 0 heterocycles. The van der Waals surface area contributed by atoms with Crippen molar-refractivity contribution in [1.29, 1.82) is 0 Å². The molecule has 0 aliphatic rings. The molecule has 3 heteroatoms. The van der Waals surface area contributed by atoms with Gasteiger partial charge in [-0.15, -0.1) is 0 Å². The van der Waals surface area contributed by atoms with Crippen LogP contribution in [0.4, 0.5) is 0 Å². The van der Waals surface area contributed by atoms with Gasteiger partial charge in [-0.1, -0.05) is 66.7 Å². The zero-order valence-electron chi connectivity index (χ0n) is 15.2. The van der Waals surface area contributed by atoms with Gasteiger partial charge >= 0.3 is 26.2 Å². The summed E-state index contributed by atoms with van der Waals surface area (Å²) in [6.07, 6.45) is 6.04. The Morgan fingerprint density at radius 2 is 1.13 bits per heavy atom. The van der Waals surface area contributed by atoms with Gasteiger partial charge in [0, 0.05) is 0 Å². The number of rotatable bonds is 5. The number of hydrogen-bond acceptors (Lipinski definition) is 0. The minimum atomic E-state index is 0. The summed E-state index contributed by atoms with van der Waals surface area (Å²) in [4.78, 5) is 0. The molecule has 0 nitrogen and oxygen atoms in total. The van der Waals surface area contributed by atoms with Gasteiger partial charge in [-0.25, -0.2) is 12.1 Å². The van der Waals surface area contributed by atoms with Crippen LogP contribution in [0.15, 0.2) is 30.3 Å². The molecule has 0 bridgehead atoms. The Kier molecular flexibility index (Phi) is 19.1. The summed E-state index contributed by atoms with van der Waals surface area (Å²) in [6, 6.07) is 10.0. The van der Waals surface area contributed by atoms with E-state index in [1.807, 2.05) is 30.3 Å². The van der Waals surface area contributed by atoms with Crippen molar-refractivity contribution >= 4 is 0 Å². The average Bonchev–Trinajstić information content (AvgIpc) is 3.14. The van der Waals surface area contributed by atoms with Gasteiger partial charge in [0.05, 0.1) is 0 Å². The normalized spacial score (nSPS) is 8.91. The van der Waals surface area contributed by atoms with Crippen molar-refractivity contribution in [3.8, 4) is 0 Å². The minimum absolute atomic E-state index is 0. The first-order chi connectivity index (χ1) is 9.74. The Morgan fingerprint density at radius 1 is 0.739 bits per heavy atom. The van der Waals surface area contributed by atoms with Crippen molar-refractivity contribution in [3.63, 3.8) is 0 Å². The molecule has 0 radical (unpaired) electrons. The van der Waals surface area contributed by atoms with Gasteiger partial charge in [0.2, 0.25) is 0 Å². The molecule has 2 aromatic carbocycles. The first kappa shape index (κ1) is 28.0. The maximum atomic E-state index is 2.30. The Balaban J connectivity index is -0.000000431. The van der Waals surface area contributed by atoms with Crippen molar-refractivity contribution in [2.75, 3.05) is 0 Å². The van der Waals surface area contributed by atoms with E-state index >= 15 is 0 Å². The van der Waals surface area contributed by atoms with Gasteiger partial charge in [0.25, 0.3) is 0 Å². The van der Waals surface area contributed by atoms with Crippen molar-refractivity contribution < 1.29 is 51.0 Å². The van der Waals surface area contributed by atoms with E-state index in [2.05, 4.69) is 34.6 Å². The molecular formula is C20H30Cl2Zr. The van der Waals surface area contributed by atoms with E-state index in [0.717, 1.165) is 0 Å². The van der Waals surface area contributed by atoms with Crippen LogP contribution < -0.4 is 24.8 Å². The van der Waals surface area contributed by atoms with E-state index in [9.17, 15) is 0 Å². The monoisotopic (exact) mass is 430 g/mol. The summed E-state index contributed by atoms with van der Waals surface area (Å²) < 4.78 is 0. The van der Waals surface area contributed by atoms with E-state index in [4.69, 9.17) is 0 Å². The van der Waals surface area contributed by atoms with Gasteiger partial charge in [-0.05, 0) is 0 Å². The molecule has 0 unspecified atom stereocenters. The summed E-state index contributed by atoms with van der Waals surface area (Å²) in [5.41, 5.74) is 8.30. The van der Waals surface area contributed by atoms with Crippen LogP contribution in [-0.2, 0) is 58.3 Å². The van der Waals surface area contributed by atoms with E-state index in [-0.39, 0.29) is 51.0 Å². The second-order valence-corrected chi connectivity index (χ2v) is 5.12. The average molecular weight is 433 g/mol. The van der Waals surface area contributed by atoms with E-state index in [1.165, 1.54) is 32.1 Å². The zero-order chi connectivity index (χ0) is 15.0. The van der Waals surface area contributed by atoms with E-state index in [0.29, 0.717) is 0 Å². The number of hydrogen-bond donors (Lipinski definition) is 0. The fourth-order valence-corrected chi connectivity index (χ4v) is 3.37.